The minimum absolute atomic E-state index is 0.0439. The fourth-order valence-corrected chi connectivity index (χ4v) is 5.62. The van der Waals surface area contributed by atoms with Gasteiger partial charge in [-0.3, -0.25) is 4.79 Å². The molecule has 0 aliphatic heterocycles. The molecule has 1 nitrogen and oxygen atoms in total. The zero-order valence-electron chi connectivity index (χ0n) is 18.9. The Morgan fingerprint density at radius 2 is 1.27 bits per heavy atom. The standard InChI is InChI=1S/C30H24OS2/c1-30(2,3)20-15-17-21(18-16-20)33-25-14-8-13-24-27(25)28(31)26-22(19-9-5-4-6-10-19)11-7-12-23(26)29(24)32/h4-18H,1-3H3. The van der Waals surface area contributed by atoms with Gasteiger partial charge in [-0.05, 0) is 40.3 Å². The molecule has 4 aromatic rings. The van der Waals surface area contributed by atoms with Gasteiger partial charge in [-0.25, -0.2) is 0 Å². The van der Waals surface area contributed by atoms with Crippen molar-refractivity contribution in [2.75, 3.05) is 0 Å². The highest BCUT2D eigenvalue weighted by atomic mass is 32.2. The molecule has 0 radical (unpaired) electrons. The molecule has 0 aromatic heterocycles. The van der Waals surface area contributed by atoms with Crippen LogP contribution < -0.4 is 0 Å². The van der Waals surface area contributed by atoms with Gasteiger partial charge in [-0.15, -0.1) is 0 Å². The fourth-order valence-electron chi connectivity index (χ4n) is 4.30. The van der Waals surface area contributed by atoms with Crippen molar-refractivity contribution in [2.24, 2.45) is 0 Å². The number of thiocarbonyl (C=S) groups is 1. The summed E-state index contributed by atoms with van der Waals surface area (Å²) in [6.45, 7) is 6.64. The van der Waals surface area contributed by atoms with Crippen LogP contribution in [0.3, 0.4) is 0 Å². The van der Waals surface area contributed by atoms with E-state index in [0.29, 0.717) is 11.1 Å². The van der Waals surface area contributed by atoms with Crippen molar-refractivity contribution in [1.29, 1.82) is 0 Å². The molecule has 0 heterocycles. The van der Waals surface area contributed by atoms with Gasteiger partial charge < -0.3 is 0 Å². The van der Waals surface area contributed by atoms with Crippen molar-refractivity contribution >= 4 is 34.6 Å². The zero-order chi connectivity index (χ0) is 23.2. The SMILES string of the molecule is CC(C)(C)c1ccc(Sc2cccc3c2C(=O)c2c(cccc2-c2ccccc2)C3=S)cc1. The Hall–Kier alpha value is -3.01. The first kappa shape index (κ1) is 21.8. The molecule has 33 heavy (non-hydrogen) atoms. The first-order chi connectivity index (χ1) is 15.8. The lowest BCUT2D eigenvalue weighted by Gasteiger charge is -2.24. The van der Waals surface area contributed by atoms with Gasteiger partial charge in [-0.2, -0.15) is 0 Å². The van der Waals surface area contributed by atoms with E-state index in [1.54, 1.807) is 11.8 Å². The third kappa shape index (κ3) is 3.96. The first-order valence-corrected chi connectivity index (χ1v) is 12.3. The van der Waals surface area contributed by atoms with E-state index < -0.39 is 0 Å². The van der Waals surface area contributed by atoms with E-state index in [-0.39, 0.29) is 11.2 Å². The second-order valence-electron chi connectivity index (χ2n) is 9.31. The van der Waals surface area contributed by atoms with Crippen molar-refractivity contribution in [3.05, 3.63) is 119 Å². The molecule has 162 valence electrons. The van der Waals surface area contributed by atoms with Crippen molar-refractivity contribution in [2.45, 2.75) is 36.0 Å². The molecule has 0 spiro atoms. The summed E-state index contributed by atoms with van der Waals surface area (Å²) < 4.78 is 0. The summed E-state index contributed by atoms with van der Waals surface area (Å²) in [4.78, 5) is 16.8. The molecule has 3 heteroatoms. The van der Waals surface area contributed by atoms with Crippen LogP contribution in [-0.4, -0.2) is 10.6 Å². The Morgan fingerprint density at radius 1 is 0.667 bits per heavy atom. The van der Waals surface area contributed by atoms with E-state index in [2.05, 4.69) is 45.0 Å². The molecule has 0 amide bonds. The molecule has 1 aliphatic carbocycles. The van der Waals surface area contributed by atoms with Crippen LogP contribution in [0.5, 0.6) is 0 Å². The quantitative estimate of drug-likeness (QED) is 0.251. The summed E-state index contributed by atoms with van der Waals surface area (Å²) in [5.41, 5.74) is 6.47. The third-order valence-corrected chi connectivity index (χ3v) is 7.57. The second kappa shape index (κ2) is 8.40. The van der Waals surface area contributed by atoms with Crippen molar-refractivity contribution in [3.63, 3.8) is 0 Å². The van der Waals surface area contributed by atoms with E-state index in [1.807, 2.05) is 66.7 Å². The predicted molar refractivity (Wildman–Crippen MR) is 142 cm³/mol. The van der Waals surface area contributed by atoms with Crippen LogP contribution in [0.1, 0.15) is 53.4 Å². The summed E-state index contributed by atoms with van der Waals surface area (Å²) >= 11 is 7.52. The zero-order valence-corrected chi connectivity index (χ0v) is 20.5. The monoisotopic (exact) mass is 464 g/mol. The Labute approximate surface area is 204 Å². The molecule has 0 unspecified atom stereocenters. The third-order valence-electron chi connectivity index (χ3n) is 6.07. The lowest BCUT2D eigenvalue weighted by Crippen LogP contribution is -2.22. The minimum Gasteiger partial charge on any atom is -0.288 e. The van der Waals surface area contributed by atoms with E-state index in [9.17, 15) is 4.79 Å². The van der Waals surface area contributed by atoms with E-state index in [0.717, 1.165) is 36.9 Å². The molecule has 4 aromatic carbocycles. The lowest BCUT2D eigenvalue weighted by molar-refractivity contribution is 0.103. The second-order valence-corrected chi connectivity index (χ2v) is 10.8. The summed E-state index contributed by atoms with van der Waals surface area (Å²) in [5, 5.41) is 0. The largest absolute Gasteiger partial charge is 0.288 e. The highest BCUT2D eigenvalue weighted by Gasteiger charge is 2.31. The Morgan fingerprint density at radius 3 is 1.94 bits per heavy atom. The maximum Gasteiger partial charge on any atom is 0.196 e. The van der Waals surface area contributed by atoms with Gasteiger partial charge >= 0.3 is 0 Å². The number of hydrogen-bond donors (Lipinski definition) is 0. The smallest absolute Gasteiger partial charge is 0.196 e. The molecule has 1 aliphatic rings. The van der Waals surface area contributed by atoms with Gasteiger partial charge in [0.25, 0.3) is 0 Å². The number of ketones is 1. The Kier molecular flexibility index (Phi) is 5.55. The van der Waals surface area contributed by atoms with Gasteiger partial charge in [0.1, 0.15) is 0 Å². The number of hydrogen-bond acceptors (Lipinski definition) is 3. The number of fused-ring (bicyclic) bond motifs is 2. The van der Waals surface area contributed by atoms with Gasteiger partial charge in [0.2, 0.25) is 0 Å². The van der Waals surface area contributed by atoms with Crippen LogP contribution in [0.2, 0.25) is 0 Å². The van der Waals surface area contributed by atoms with Crippen LogP contribution in [0.25, 0.3) is 11.1 Å². The maximum absolute atomic E-state index is 14.0. The molecule has 0 bridgehead atoms. The van der Waals surface area contributed by atoms with Gasteiger partial charge in [0.15, 0.2) is 5.78 Å². The predicted octanol–water partition coefficient (Wildman–Crippen LogP) is 8.11. The molecule has 0 saturated heterocycles. The van der Waals surface area contributed by atoms with Crippen molar-refractivity contribution in [3.8, 4) is 11.1 Å². The average molecular weight is 465 g/mol. The molecule has 0 fully saturated rings. The van der Waals surface area contributed by atoms with Crippen LogP contribution in [-0.2, 0) is 5.41 Å². The van der Waals surface area contributed by atoms with Crippen molar-refractivity contribution in [1.82, 2.24) is 0 Å². The normalized spacial score (nSPS) is 12.9. The van der Waals surface area contributed by atoms with E-state index in [4.69, 9.17) is 12.2 Å². The summed E-state index contributed by atoms with van der Waals surface area (Å²) in [6.07, 6.45) is 0. The molecule has 0 N–H and O–H groups in total. The molecular formula is C30H24OS2. The highest BCUT2D eigenvalue weighted by molar-refractivity contribution is 7.99. The summed E-state index contributed by atoms with van der Waals surface area (Å²) in [7, 11) is 0. The van der Waals surface area contributed by atoms with Crippen molar-refractivity contribution < 1.29 is 4.79 Å². The Bertz CT molecular complexity index is 1380. The van der Waals surface area contributed by atoms with Gasteiger partial charge in [0.05, 0.1) is 4.86 Å². The summed E-state index contributed by atoms with van der Waals surface area (Å²) in [6, 6.07) is 30.7. The van der Waals surface area contributed by atoms with E-state index >= 15 is 0 Å². The van der Waals surface area contributed by atoms with Crippen LogP contribution in [0, 0.1) is 0 Å². The summed E-state index contributed by atoms with van der Waals surface area (Å²) in [5.74, 6) is 0.0439. The molecule has 0 saturated carbocycles. The van der Waals surface area contributed by atoms with Crippen LogP contribution >= 0.6 is 24.0 Å². The number of benzene rings is 4. The minimum atomic E-state index is 0.0439. The number of rotatable bonds is 3. The molecule has 5 rings (SSSR count). The van der Waals surface area contributed by atoms with Crippen LogP contribution in [0.4, 0.5) is 0 Å². The molecular weight excluding hydrogens is 440 g/mol. The van der Waals surface area contributed by atoms with Gasteiger partial charge in [0, 0.05) is 32.0 Å². The topological polar surface area (TPSA) is 17.1 Å². The Balaban J connectivity index is 1.60. The van der Waals surface area contributed by atoms with Gasteiger partial charge in [-0.1, -0.05) is 118 Å². The lowest BCUT2D eigenvalue weighted by atomic mass is 9.81. The first-order valence-electron chi connectivity index (χ1n) is 11.0. The highest BCUT2D eigenvalue weighted by Crippen LogP contribution is 2.40. The van der Waals surface area contributed by atoms with Crippen LogP contribution in [0.15, 0.2) is 101 Å². The van der Waals surface area contributed by atoms with E-state index in [1.165, 1.54) is 5.56 Å². The molecule has 0 atom stereocenters. The fraction of sp³-hybridized carbons (Fsp3) is 0.133. The maximum atomic E-state index is 14.0. The average Bonchev–Trinajstić information content (AvgIpc) is 2.82. The number of carbonyl (C=O) groups is 1. The number of carbonyl (C=O) groups excluding carboxylic acids is 1.